The van der Waals surface area contributed by atoms with Gasteiger partial charge in [-0.3, -0.25) is 0 Å². The van der Waals surface area contributed by atoms with Crippen LogP contribution in [-0.4, -0.2) is 45.5 Å². The lowest BCUT2D eigenvalue weighted by molar-refractivity contribution is -0.0808. The van der Waals surface area contributed by atoms with E-state index in [1.54, 1.807) is 0 Å². The van der Waals surface area contributed by atoms with Crippen LogP contribution >= 0.6 is 0 Å². The van der Waals surface area contributed by atoms with Crippen molar-refractivity contribution in [2.45, 2.75) is 44.6 Å². The molecule has 1 saturated heterocycles. The first-order valence-electron chi connectivity index (χ1n) is 6.74. The smallest absolute Gasteiger partial charge is 0.410 e. The Balaban J connectivity index is 1.97. The highest BCUT2D eigenvalue weighted by atomic mass is 16.6. The molecule has 110 valence electrons. The molecule has 0 unspecified atom stereocenters. The van der Waals surface area contributed by atoms with E-state index in [0.717, 1.165) is 5.56 Å². The van der Waals surface area contributed by atoms with Crippen molar-refractivity contribution in [3.05, 3.63) is 35.9 Å². The zero-order valence-corrected chi connectivity index (χ0v) is 11.8. The molecule has 2 N–H and O–H groups in total. The highest BCUT2D eigenvalue weighted by Gasteiger charge is 2.42. The SMILES string of the molecule is CC1(C)C[C@@H](O)[C@@H](O)CN1C(=O)OCc1ccccc1. The molecule has 1 amide bonds. The summed E-state index contributed by atoms with van der Waals surface area (Å²) in [5.74, 6) is 0. The van der Waals surface area contributed by atoms with Crippen LogP contribution in [0, 0.1) is 0 Å². The third-order valence-electron chi connectivity index (χ3n) is 3.68. The van der Waals surface area contributed by atoms with Gasteiger partial charge >= 0.3 is 6.09 Å². The maximum Gasteiger partial charge on any atom is 0.410 e. The summed E-state index contributed by atoms with van der Waals surface area (Å²) in [5.41, 5.74) is 0.378. The number of ether oxygens (including phenoxy) is 1. The summed E-state index contributed by atoms with van der Waals surface area (Å²) in [7, 11) is 0. The Morgan fingerprint density at radius 1 is 1.30 bits per heavy atom. The third kappa shape index (κ3) is 3.29. The van der Waals surface area contributed by atoms with E-state index in [2.05, 4.69) is 0 Å². The number of hydrogen-bond donors (Lipinski definition) is 2. The number of nitrogens with zero attached hydrogens (tertiary/aromatic N) is 1. The largest absolute Gasteiger partial charge is 0.445 e. The van der Waals surface area contributed by atoms with Crippen LogP contribution in [0.5, 0.6) is 0 Å². The molecule has 0 aliphatic carbocycles. The minimum atomic E-state index is -0.924. The molecule has 1 aromatic rings. The first-order chi connectivity index (χ1) is 9.40. The van der Waals surface area contributed by atoms with Crippen LogP contribution in [-0.2, 0) is 11.3 Å². The lowest BCUT2D eigenvalue weighted by Gasteiger charge is -2.45. The molecule has 0 aromatic heterocycles. The molecule has 2 atom stereocenters. The van der Waals surface area contributed by atoms with Crippen molar-refractivity contribution in [3.63, 3.8) is 0 Å². The van der Waals surface area contributed by atoms with E-state index in [4.69, 9.17) is 4.74 Å². The van der Waals surface area contributed by atoms with Gasteiger partial charge in [0.15, 0.2) is 0 Å². The molecule has 20 heavy (non-hydrogen) atoms. The molecule has 0 saturated carbocycles. The van der Waals surface area contributed by atoms with Crippen LogP contribution in [0.2, 0.25) is 0 Å². The zero-order valence-electron chi connectivity index (χ0n) is 11.8. The Kier molecular flexibility index (Phi) is 4.30. The first kappa shape index (κ1) is 14.8. The molecular formula is C15H21NO4. The average molecular weight is 279 g/mol. The maximum absolute atomic E-state index is 12.2. The third-order valence-corrected chi connectivity index (χ3v) is 3.68. The Morgan fingerprint density at radius 3 is 2.60 bits per heavy atom. The summed E-state index contributed by atoms with van der Waals surface area (Å²) in [6.45, 7) is 3.99. The molecule has 2 rings (SSSR count). The monoisotopic (exact) mass is 279 g/mol. The van der Waals surface area contributed by atoms with Crippen LogP contribution in [0.3, 0.4) is 0 Å². The van der Waals surface area contributed by atoms with E-state index >= 15 is 0 Å². The minimum Gasteiger partial charge on any atom is -0.445 e. The van der Waals surface area contributed by atoms with Crippen molar-refractivity contribution in [2.24, 2.45) is 0 Å². The van der Waals surface area contributed by atoms with Gasteiger partial charge in [-0.15, -0.1) is 0 Å². The van der Waals surface area contributed by atoms with Gasteiger partial charge in [-0.1, -0.05) is 30.3 Å². The number of hydrogen-bond acceptors (Lipinski definition) is 4. The van der Waals surface area contributed by atoms with E-state index in [-0.39, 0.29) is 13.2 Å². The summed E-state index contributed by atoms with van der Waals surface area (Å²) in [6.07, 6.45) is -1.87. The van der Waals surface area contributed by atoms with E-state index < -0.39 is 23.8 Å². The molecule has 0 spiro atoms. The molecule has 0 bridgehead atoms. The van der Waals surface area contributed by atoms with Gasteiger partial charge in [0.05, 0.1) is 18.8 Å². The Labute approximate surface area is 118 Å². The van der Waals surface area contributed by atoms with E-state index in [1.807, 2.05) is 44.2 Å². The second-order valence-electron chi connectivity index (χ2n) is 5.80. The van der Waals surface area contributed by atoms with E-state index in [9.17, 15) is 15.0 Å². The van der Waals surface area contributed by atoms with Crippen LogP contribution in [0.4, 0.5) is 4.79 Å². The lowest BCUT2D eigenvalue weighted by atomic mass is 9.87. The Morgan fingerprint density at radius 2 is 1.95 bits per heavy atom. The summed E-state index contributed by atoms with van der Waals surface area (Å²) < 4.78 is 5.28. The van der Waals surface area contributed by atoms with Gasteiger partial charge in [0.25, 0.3) is 0 Å². The number of carbonyl (C=O) groups is 1. The second kappa shape index (κ2) is 5.81. The highest BCUT2D eigenvalue weighted by molar-refractivity contribution is 5.69. The van der Waals surface area contributed by atoms with Crippen molar-refractivity contribution in [3.8, 4) is 0 Å². The summed E-state index contributed by atoms with van der Waals surface area (Å²) in [5, 5.41) is 19.4. The number of carbonyl (C=O) groups excluding carboxylic acids is 1. The summed E-state index contributed by atoms with van der Waals surface area (Å²) in [4.78, 5) is 13.6. The number of aliphatic hydroxyl groups is 2. The fourth-order valence-electron chi connectivity index (χ4n) is 2.43. The zero-order chi connectivity index (χ0) is 14.8. The lowest BCUT2D eigenvalue weighted by Crippen LogP contribution is -2.59. The van der Waals surface area contributed by atoms with Crippen molar-refractivity contribution < 1.29 is 19.7 Å². The molecule has 1 aromatic carbocycles. The number of piperidine rings is 1. The van der Waals surface area contributed by atoms with Crippen LogP contribution < -0.4 is 0 Å². The predicted molar refractivity (Wildman–Crippen MR) is 74.0 cm³/mol. The number of aliphatic hydroxyl groups excluding tert-OH is 2. The molecule has 1 fully saturated rings. The fourth-order valence-corrected chi connectivity index (χ4v) is 2.43. The fraction of sp³-hybridized carbons (Fsp3) is 0.533. The molecule has 0 radical (unpaired) electrons. The summed E-state index contributed by atoms with van der Waals surface area (Å²) in [6, 6.07) is 9.43. The normalized spacial score (nSPS) is 25.3. The highest BCUT2D eigenvalue weighted by Crippen LogP contribution is 2.28. The average Bonchev–Trinajstić information content (AvgIpc) is 2.41. The van der Waals surface area contributed by atoms with E-state index in [1.165, 1.54) is 4.90 Å². The Hall–Kier alpha value is -1.59. The molecule has 1 heterocycles. The van der Waals surface area contributed by atoms with Gasteiger partial charge in [-0.05, 0) is 25.8 Å². The van der Waals surface area contributed by atoms with Crippen molar-refractivity contribution in [1.82, 2.24) is 4.90 Å². The Bertz CT molecular complexity index is 460. The molecule has 1 aliphatic rings. The molecule has 1 aliphatic heterocycles. The number of likely N-dealkylation sites (tertiary alicyclic amines) is 1. The minimum absolute atomic E-state index is 0.0851. The number of benzene rings is 1. The van der Waals surface area contributed by atoms with Crippen molar-refractivity contribution in [2.75, 3.05) is 6.54 Å². The topological polar surface area (TPSA) is 70.0 Å². The molecular weight excluding hydrogens is 258 g/mol. The molecule has 5 heteroatoms. The standard InChI is InChI=1S/C15H21NO4/c1-15(2)8-12(17)13(18)9-16(15)14(19)20-10-11-6-4-3-5-7-11/h3-7,12-13,17-18H,8-10H2,1-2H3/t12-,13+/m1/s1. The maximum atomic E-state index is 12.2. The van der Waals surface area contributed by atoms with Gasteiger partial charge in [-0.25, -0.2) is 4.79 Å². The van der Waals surface area contributed by atoms with Crippen LogP contribution in [0.15, 0.2) is 30.3 Å². The van der Waals surface area contributed by atoms with Gasteiger partial charge in [-0.2, -0.15) is 0 Å². The number of amides is 1. The molecule has 5 nitrogen and oxygen atoms in total. The number of β-amino-alcohol motifs (C(OH)–C–C–N with tert-alkyl or cyclic N) is 1. The van der Waals surface area contributed by atoms with Crippen LogP contribution in [0.1, 0.15) is 25.8 Å². The van der Waals surface area contributed by atoms with Gasteiger partial charge < -0.3 is 19.8 Å². The van der Waals surface area contributed by atoms with Gasteiger partial charge in [0.2, 0.25) is 0 Å². The second-order valence-corrected chi connectivity index (χ2v) is 5.80. The number of rotatable bonds is 2. The first-order valence-corrected chi connectivity index (χ1v) is 6.74. The van der Waals surface area contributed by atoms with Crippen LogP contribution in [0.25, 0.3) is 0 Å². The van der Waals surface area contributed by atoms with Gasteiger partial charge in [0.1, 0.15) is 6.61 Å². The van der Waals surface area contributed by atoms with E-state index in [0.29, 0.717) is 6.42 Å². The quantitative estimate of drug-likeness (QED) is 0.861. The van der Waals surface area contributed by atoms with Crippen molar-refractivity contribution in [1.29, 1.82) is 0 Å². The predicted octanol–water partition coefficient (Wildman–Crippen LogP) is 1.53. The summed E-state index contributed by atoms with van der Waals surface area (Å²) >= 11 is 0. The van der Waals surface area contributed by atoms with Gasteiger partial charge in [0, 0.05) is 5.54 Å². The van der Waals surface area contributed by atoms with Crippen molar-refractivity contribution >= 4 is 6.09 Å².